The zero-order valence-electron chi connectivity index (χ0n) is 78.6. The minimum absolute atomic E-state index is 0.0683. The number of hydrogen-bond acceptors (Lipinski definition) is 4. The van der Waals surface area contributed by atoms with Crippen LogP contribution in [-0.2, 0) is 21.7 Å². The van der Waals surface area contributed by atoms with Crippen molar-refractivity contribution in [3.8, 4) is 23.0 Å². The van der Waals surface area contributed by atoms with E-state index in [1.165, 1.54) is 167 Å². The summed E-state index contributed by atoms with van der Waals surface area (Å²) in [5.41, 5.74) is 32.3. The lowest BCUT2D eigenvalue weighted by molar-refractivity contribution is -0.477. The quantitative estimate of drug-likeness (QED) is 0.0757. The summed E-state index contributed by atoms with van der Waals surface area (Å²) in [6.07, 6.45) is 20.1. The number of nitrogens with zero attached hydrogens (tertiary/aromatic N) is 4. The van der Waals surface area contributed by atoms with Crippen LogP contribution in [-0.4, -0.2) is 70.1 Å². The maximum absolute atomic E-state index is 6.73. The van der Waals surface area contributed by atoms with Crippen molar-refractivity contribution in [1.82, 2.24) is 0 Å². The highest BCUT2D eigenvalue weighted by Gasteiger charge is 2.53. The minimum Gasteiger partial charge on any atom is -0.435 e. The number of aryl methyl sites for hydroxylation is 3. The first-order valence-electron chi connectivity index (χ1n) is 46.1. The van der Waals surface area contributed by atoms with Crippen LogP contribution in [0, 0.1) is 38.5 Å². The SMILES string of the molecule is CCC(C)(C)c1cc2c(c(C(C)(C)CC)c1)OC[N+](c1c(C(C)C)cccc1C(C)C)=C2.Cc1cc2c(c(C(C)(C)c3ccccc3)c1)OC[N+](c1c(C(C)C)cccc1C(C)C)=C2.Cc1cc2c(c(C34CC5CC(CC(C5)C3)C4)c1)OC[N+](c1c(C(C)C)cccc1C(C)C)=C2.Cc1cccc2c1OC[N+](c1c(C(C)C)cccc1C(C)C)=C2. The minimum atomic E-state index is -0.147. The summed E-state index contributed by atoms with van der Waals surface area (Å²) in [4.78, 5) is 0. The summed E-state index contributed by atoms with van der Waals surface area (Å²) < 4.78 is 35.3. The Labute approximate surface area is 724 Å². The molecule has 4 fully saturated rings. The van der Waals surface area contributed by atoms with Gasteiger partial charge in [-0.3, -0.25) is 0 Å². The first-order chi connectivity index (χ1) is 56.9. The molecule has 4 aliphatic carbocycles. The zero-order chi connectivity index (χ0) is 86.4. The second-order valence-electron chi connectivity index (χ2n) is 40.9. The Hall–Kier alpha value is -9.14. The molecule has 8 heteroatoms. The lowest BCUT2D eigenvalue weighted by Crippen LogP contribution is -2.49. The van der Waals surface area contributed by atoms with Gasteiger partial charge in [-0.1, -0.05) is 300 Å². The van der Waals surface area contributed by atoms with Crippen LogP contribution in [0.15, 0.2) is 158 Å². The van der Waals surface area contributed by atoms with Crippen LogP contribution < -0.4 is 18.9 Å². The molecule has 0 unspecified atom stereocenters. The van der Waals surface area contributed by atoms with E-state index in [1.807, 2.05) is 0 Å². The first-order valence-corrected chi connectivity index (χ1v) is 46.1. The van der Waals surface area contributed by atoms with Gasteiger partial charge in [-0.2, -0.15) is 18.3 Å². The first kappa shape index (κ1) is 88.6. The van der Waals surface area contributed by atoms with E-state index in [9.17, 15) is 0 Å². The molecule has 0 N–H and O–H groups in total. The van der Waals surface area contributed by atoms with Crippen molar-refractivity contribution in [3.63, 3.8) is 0 Å². The third-order valence-electron chi connectivity index (χ3n) is 28.0. The van der Waals surface area contributed by atoms with E-state index in [0.29, 0.717) is 79.7 Å². The summed E-state index contributed by atoms with van der Waals surface area (Å²) in [6.45, 7) is 63.8. The second-order valence-corrected chi connectivity index (χ2v) is 40.9. The Morgan fingerprint density at radius 3 is 1.02 bits per heavy atom. The highest BCUT2D eigenvalue weighted by Crippen LogP contribution is 2.63. The van der Waals surface area contributed by atoms with Gasteiger partial charge < -0.3 is 18.9 Å². The molecule has 0 saturated heterocycles. The summed E-state index contributed by atoms with van der Waals surface area (Å²) in [5, 5.41) is 0. The molecule has 4 bridgehead atoms. The molecule has 4 saturated carbocycles. The van der Waals surface area contributed by atoms with Crippen LogP contribution in [0.5, 0.6) is 23.0 Å². The smallest absolute Gasteiger partial charge is 0.292 e. The van der Waals surface area contributed by atoms with Gasteiger partial charge in [0.15, 0.2) is 24.9 Å². The fourth-order valence-electron chi connectivity index (χ4n) is 20.8. The van der Waals surface area contributed by atoms with Crippen LogP contribution in [0.2, 0.25) is 0 Å². The molecular formula is C112H146N4O4+4. The average molecular weight is 1610 g/mol. The predicted octanol–water partition coefficient (Wildman–Crippen LogP) is 29.3. The summed E-state index contributed by atoms with van der Waals surface area (Å²) in [5.74, 6) is 10.8. The third kappa shape index (κ3) is 18.2. The van der Waals surface area contributed by atoms with Crippen LogP contribution >= 0.6 is 0 Å². The van der Waals surface area contributed by atoms with Crippen molar-refractivity contribution < 1.29 is 37.2 Å². The topological polar surface area (TPSA) is 49.0 Å². The van der Waals surface area contributed by atoms with E-state index >= 15 is 0 Å². The molecular weight excluding hydrogens is 1470 g/mol. The molecule has 0 atom stereocenters. The Bertz CT molecular complexity index is 5210. The maximum atomic E-state index is 6.73. The molecule has 0 aromatic heterocycles. The molecule has 634 valence electrons. The van der Waals surface area contributed by atoms with E-state index in [4.69, 9.17) is 18.9 Å². The molecule has 0 spiro atoms. The van der Waals surface area contributed by atoms with Gasteiger partial charge in [0, 0.05) is 66.6 Å². The standard InChI is InChI=1S/C31H40NO.C30H36NO.C30H44NO.C21H26NO/c1-19(2)26-7-6-8-27(20(3)4)29(26)32-17-25-9-21(5)10-28(30(25)33-18-32)31-14-22-11-23(15-31)13-24(12-22)16-31;1-20(2)25-14-11-15-26(21(3)4)28(25)31-18-23-16-22(5)17-27(29(23)32-19-31)30(6,7)24-12-9-8-10-13-24;1-11-29(7,8)23-16-22-18-31(19-32-28(22)26(17-23)30(9,10)12-2)27-24(20(3)4)14-13-15-25(27)21(5)6;1-14(2)18-10-7-11-19(15(3)4)20(18)22-12-17-9-6-8-16(5)21(17)23-13-22/h6-10,17,19-20,22-24H,11-16,18H2,1-5H3;8-18,20-21H,19H2,1-7H3;13-18,20-21H,11-12,19H2,1-10H3;6-12,14-15H,13H2,1-5H3/q4*+1. The van der Waals surface area contributed by atoms with Gasteiger partial charge in [0.1, 0.15) is 23.0 Å². The largest absolute Gasteiger partial charge is 0.435 e. The van der Waals surface area contributed by atoms with E-state index in [2.05, 4.69) is 388 Å². The van der Waals surface area contributed by atoms with Crippen LogP contribution in [0.25, 0.3) is 0 Å². The number of para-hydroxylation sites is 5. The molecule has 120 heavy (non-hydrogen) atoms. The highest BCUT2D eigenvalue weighted by atomic mass is 16.5. The van der Waals surface area contributed by atoms with Crippen molar-refractivity contribution in [2.24, 2.45) is 17.8 Å². The molecule has 9 aromatic rings. The van der Waals surface area contributed by atoms with Crippen LogP contribution in [0.4, 0.5) is 22.7 Å². The van der Waals surface area contributed by atoms with Crippen molar-refractivity contribution in [3.05, 3.63) is 269 Å². The summed E-state index contributed by atoms with van der Waals surface area (Å²) in [7, 11) is 0. The Morgan fingerprint density at radius 2 is 0.650 bits per heavy atom. The van der Waals surface area contributed by atoms with E-state index in [1.54, 1.807) is 0 Å². The molecule has 4 aliphatic heterocycles. The second kappa shape index (κ2) is 36.1. The monoisotopic (exact) mass is 1610 g/mol. The van der Waals surface area contributed by atoms with Gasteiger partial charge in [-0.05, 0) is 206 Å². The average Bonchev–Trinajstić information content (AvgIpc) is 0.725. The van der Waals surface area contributed by atoms with Gasteiger partial charge in [0.25, 0.3) is 26.9 Å². The molecule has 4 heterocycles. The highest BCUT2D eigenvalue weighted by molar-refractivity contribution is 5.86. The van der Waals surface area contributed by atoms with Crippen molar-refractivity contribution in [2.75, 3.05) is 26.9 Å². The predicted molar refractivity (Wildman–Crippen MR) is 506 cm³/mol. The fraction of sp³-hybridized carbons (Fsp3) is 0.482. The molecule has 17 rings (SSSR count). The van der Waals surface area contributed by atoms with Gasteiger partial charge in [-0.25, -0.2) is 0 Å². The molecule has 0 amide bonds. The number of benzene rings is 9. The van der Waals surface area contributed by atoms with Gasteiger partial charge in [0.05, 0.1) is 22.3 Å². The Kier molecular flexibility index (Phi) is 26.7. The molecule has 9 aromatic carbocycles. The van der Waals surface area contributed by atoms with E-state index < -0.39 is 0 Å². The lowest BCUT2D eigenvalue weighted by atomic mass is 9.48. The van der Waals surface area contributed by atoms with Crippen molar-refractivity contribution in [1.29, 1.82) is 0 Å². The number of hydrogen-bond donors (Lipinski definition) is 0. The van der Waals surface area contributed by atoms with Crippen LogP contribution in [0.3, 0.4) is 0 Å². The van der Waals surface area contributed by atoms with Crippen molar-refractivity contribution >= 4 is 47.6 Å². The van der Waals surface area contributed by atoms with E-state index in [0.717, 1.165) is 59.0 Å². The number of rotatable bonds is 19. The van der Waals surface area contributed by atoms with E-state index in [-0.39, 0.29) is 16.2 Å². The van der Waals surface area contributed by atoms with Gasteiger partial charge in [0.2, 0.25) is 22.7 Å². The number of ether oxygens (including phenoxy) is 4. The fourth-order valence-corrected chi connectivity index (χ4v) is 20.8. The summed E-state index contributed by atoms with van der Waals surface area (Å²) in [6, 6.07) is 58.1. The third-order valence-corrected chi connectivity index (χ3v) is 28.0. The molecule has 0 radical (unpaired) electrons. The van der Waals surface area contributed by atoms with Gasteiger partial charge in [-0.15, -0.1) is 0 Å². The van der Waals surface area contributed by atoms with Gasteiger partial charge >= 0.3 is 0 Å². The van der Waals surface area contributed by atoms with Crippen molar-refractivity contribution in [2.45, 2.75) is 307 Å². The van der Waals surface area contributed by atoms with Crippen LogP contribution in [0.1, 0.15) is 376 Å². The Balaban J connectivity index is 0.000000139. The normalized spacial score (nSPS) is 18.4. The molecule has 8 nitrogen and oxygen atoms in total. The Morgan fingerprint density at radius 1 is 0.325 bits per heavy atom. The number of fused-ring (bicyclic) bond motifs is 4. The molecule has 8 aliphatic rings. The summed E-state index contributed by atoms with van der Waals surface area (Å²) >= 11 is 0. The maximum Gasteiger partial charge on any atom is 0.292 e. The zero-order valence-corrected chi connectivity index (χ0v) is 78.6. The lowest BCUT2D eigenvalue weighted by Gasteiger charge is -2.57.